The first-order chi connectivity index (χ1) is 9.28. The van der Waals surface area contributed by atoms with Gasteiger partial charge in [0.2, 0.25) is 10.0 Å². The molecule has 2 atom stereocenters. The molecule has 0 bridgehead atoms. The Hall–Kier alpha value is -0.150. The van der Waals surface area contributed by atoms with Crippen LogP contribution in [0.2, 0.25) is 0 Å². The first-order valence-electron chi connectivity index (χ1n) is 6.16. The van der Waals surface area contributed by atoms with Crippen molar-refractivity contribution in [1.29, 1.82) is 0 Å². The maximum Gasteiger partial charge on any atom is 0.246 e. The smallest absolute Gasteiger partial charge is 0.246 e. The van der Waals surface area contributed by atoms with Gasteiger partial charge in [-0.1, -0.05) is 22.9 Å². The summed E-state index contributed by atoms with van der Waals surface area (Å²) in [4.78, 5) is 0.0632. The molecule has 2 rings (SSSR count). The Morgan fingerprint density at radius 1 is 1.45 bits per heavy atom. The highest BCUT2D eigenvalue weighted by atomic mass is 79.9. The number of hydrogen-bond donors (Lipinski definition) is 2. The predicted molar refractivity (Wildman–Crippen MR) is 84.8 cm³/mol. The van der Waals surface area contributed by atoms with Crippen LogP contribution >= 0.6 is 31.9 Å². The predicted octanol–water partition coefficient (Wildman–Crippen LogP) is 2.19. The second-order valence-corrected chi connectivity index (χ2v) is 8.54. The quantitative estimate of drug-likeness (QED) is 0.724. The fraction of sp³-hybridized carbons (Fsp3) is 0.500. The van der Waals surface area contributed by atoms with E-state index in [4.69, 9.17) is 5.73 Å². The van der Waals surface area contributed by atoms with Crippen molar-refractivity contribution >= 4 is 47.6 Å². The van der Waals surface area contributed by atoms with E-state index in [0.717, 1.165) is 6.42 Å². The number of hydrogen-bond acceptors (Lipinski definition) is 4. The van der Waals surface area contributed by atoms with Gasteiger partial charge in [-0.05, 0) is 40.4 Å². The zero-order valence-corrected chi connectivity index (χ0v) is 14.9. The van der Waals surface area contributed by atoms with Gasteiger partial charge >= 0.3 is 0 Å². The number of sulfonamides is 1. The van der Waals surface area contributed by atoms with Crippen LogP contribution in [0.5, 0.6) is 0 Å². The molecule has 1 fully saturated rings. The lowest BCUT2D eigenvalue weighted by molar-refractivity contribution is 0.191. The summed E-state index contributed by atoms with van der Waals surface area (Å²) in [5.41, 5.74) is 6.05. The molecule has 8 heteroatoms. The van der Waals surface area contributed by atoms with Gasteiger partial charge in [0.15, 0.2) is 0 Å². The molecule has 112 valence electrons. The maximum atomic E-state index is 12.8. The Morgan fingerprint density at radius 3 is 2.65 bits per heavy atom. The second-order valence-electron chi connectivity index (χ2n) is 4.94. The van der Waals surface area contributed by atoms with Gasteiger partial charge in [0.25, 0.3) is 0 Å². The van der Waals surface area contributed by atoms with Crippen molar-refractivity contribution in [3.63, 3.8) is 0 Å². The SMILES string of the molecule is CC1CCN(S(=O)(=O)c2c(N)cc(Br)cc2Br)C1CO. The van der Waals surface area contributed by atoms with Gasteiger partial charge in [-0.25, -0.2) is 8.42 Å². The molecule has 1 aliphatic heterocycles. The molecule has 0 aliphatic carbocycles. The standard InChI is InChI=1S/C12H16Br2N2O3S/c1-7-2-3-16(11(7)6-17)20(18,19)12-9(14)4-8(13)5-10(12)15/h4-5,7,11,17H,2-3,6,15H2,1H3. The molecule has 2 unspecified atom stereocenters. The summed E-state index contributed by atoms with van der Waals surface area (Å²) >= 11 is 6.53. The third-order valence-corrected chi connectivity index (χ3v) is 7.01. The van der Waals surface area contributed by atoms with Crippen LogP contribution in [0.4, 0.5) is 5.69 Å². The average Bonchev–Trinajstić information content (AvgIpc) is 2.69. The summed E-state index contributed by atoms with van der Waals surface area (Å²) in [5, 5.41) is 9.44. The van der Waals surface area contributed by atoms with Crippen molar-refractivity contribution in [2.45, 2.75) is 24.3 Å². The third-order valence-electron chi connectivity index (χ3n) is 3.62. The summed E-state index contributed by atoms with van der Waals surface area (Å²) in [6, 6.07) is 2.82. The normalized spacial score (nSPS) is 24.2. The molecule has 20 heavy (non-hydrogen) atoms. The molecule has 1 aromatic rings. The number of aliphatic hydroxyl groups is 1. The molecule has 1 aliphatic rings. The Morgan fingerprint density at radius 2 is 2.10 bits per heavy atom. The molecule has 5 nitrogen and oxygen atoms in total. The number of benzene rings is 1. The number of anilines is 1. The summed E-state index contributed by atoms with van der Waals surface area (Å²) in [6.07, 6.45) is 0.735. The van der Waals surface area contributed by atoms with E-state index in [2.05, 4.69) is 31.9 Å². The molecule has 0 saturated carbocycles. The molecule has 0 radical (unpaired) electrons. The van der Waals surface area contributed by atoms with Gasteiger partial charge in [0.1, 0.15) is 4.90 Å². The molecule has 0 aromatic heterocycles. The first kappa shape index (κ1) is 16.2. The van der Waals surface area contributed by atoms with Crippen LogP contribution in [0.3, 0.4) is 0 Å². The monoisotopic (exact) mass is 426 g/mol. The lowest BCUT2D eigenvalue weighted by atomic mass is 10.0. The van der Waals surface area contributed by atoms with Crippen molar-refractivity contribution in [3.8, 4) is 0 Å². The Bertz CT molecular complexity index is 598. The van der Waals surface area contributed by atoms with Gasteiger partial charge < -0.3 is 10.8 Å². The summed E-state index contributed by atoms with van der Waals surface area (Å²) < 4.78 is 28.1. The van der Waals surface area contributed by atoms with Crippen molar-refractivity contribution in [2.75, 3.05) is 18.9 Å². The maximum absolute atomic E-state index is 12.8. The Kier molecular flexibility index (Phi) is 4.80. The van der Waals surface area contributed by atoms with Crippen LogP contribution in [-0.2, 0) is 10.0 Å². The molecule has 3 N–H and O–H groups in total. The number of nitrogen functional groups attached to an aromatic ring is 1. The topological polar surface area (TPSA) is 83.6 Å². The third kappa shape index (κ3) is 2.76. The Labute approximate surface area is 135 Å². The zero-order chi connectivity index (χ0) is 15.1. The van der Waals surface area contributed by atoms with Crippen molar-refractivity contribution < 1.29 is 13.5 Å². The van der Waals surface area contributed by atoms with E-state index in [9.17, 15) is 13.5 Å². The number of halogens is 2. The van der Waals surface area contributed by atoms with E-state index < -0.39 is 16.1 Å². The van der Waals surface area contributed by atoms with Gasteiger partial charge in [-0.3, -0.25) is 0 Å². The fourth-order valence-electron chi connectivity index (χ4n) is 2.51. The minimum atomic E-state index is -3.73. The summed E-state index contributed by atoms with van der Waals surface area (Å²) in [6.45, 7) is 2.15. The van der Waals surface area contributed by atoms with Gasteiger partial charge in [-0.15, -0.1) is 0 Å². The number of rotatable bonds is 3. The van der Waals surface area contributed by atoms with Crippen LogP contribution in [0.1, 0.15) is 13.3 Å². The first-order valence-corrected chi connectivity index (χ1v) is 9.19. The molecule has 1 heterocycles. The van der Waals surface area contributed by atoms with Gasteiger partial charge in [-0.2, -0.15) is 4.31 Å². The number of aliphatic hydroxyl groups excluding tert-OH is 1. The molecule has 0 spiro atoms. The van der Waals surface area contributed by atoms with E-state index >= 15 is 0 Å². The largest absolute Gasteiger partial charge is 0.398 e. The van der Waals surface area contributed by atoms with Gasteiger partial charge in [0.05, 0.1) is 18.3 Å². The highest BCUT2D eigenvalue weighted by Gasteiger charge is 2.40. The van der Waals surface area contributed by atoms with E-state index in [0.29, 0.717) is 15.5 Å². The molecule has 1 aromatic carbocycles. The highest BCUT2D eigenvalue weighted by Crippen LogP contribution is 2.37. The molecular formula is C12H16Br2N2O3S. The van der Waals surface area contributed by atoms with Crippen molar-refractivity contribution in [2.24, 2.45) is 5.92 Å². The highest BCUT2D eigenvalue weighted by molar-refractivity contribution is 9.11. The second kappa shape index (κ2) is 5.92. The van der Waals surface area contributed by atoms with Crippen LogP contribution in [0.15, 0.2) is 26.0 Å². The number of nitrogens with two attached hydrogens (primary N) is 1. The minimum Gasteiger partial charge on any atom is -0.398 e. The summed E-state index contributed by atoms with van der Waals surface area (Å²) in [5.74, 6) is 0.130. The van der Waals surface area contributed by atoms with Crippen LogP contribution in [0.25, 0.3) is 0 Å². The molecule has 0 amide bonds. The van der Waals surface area contributed by atoms with Crippen molar-refractivity contribution in [3.05, 3.63) is 21.1 Å². The van der Waals surface area contributed by atoms with Crippen LogP contribution in [0, 0.1) is 5.92 Å². The van der Waals surface area contributed by atoms with Crippen LogP contribution in [-0.4, -0.2) is 37.0 Å². The zero-order valence-electron chi connectivity index (χ0n) is 10.9. The van der Waals surface area contributed by atoms with E-state index in [1.165, 1.54) is 4.31 Å². The fourth-order valence-corrected chi connectivity index (χ4v) is 6.26. The van der Waals surface area contributed by atoms with Gasteiger partial charge in [0, 0.05) is 15.5 Å². The van der Waals surface area contributed by atoms with E-state index in [1.807, 2.05) is 6.92 Å². The van der Waals surface area contributed by atoms with Crippen molar-refractivity contribution in [1.82, 2.24) is 4.31 Å². The average molecular weight is 428 g/mol. The Balaban J connectivity index is 2.51. The lowest BCUT2D eigenvalue weighted by Gasteiger charge is -2.25. The summed E-state index contributed by atoms with van der Waals surface area (Å²) in [7, 11) is -3.73. The minimum absolute atomic E-state index is 0.0632. The lowest BCUT2D eigenvalue weighted by Crippen LogP contribution is -2.40. The molecular weight excluding hydrogens is 412 g/mol. The molecule has 1 saturated heterocycles. The number of nitrogens with zero attached hydrogens (tertiary/aromatic N) is 1. The van der Waals surface area contributed by atoms with E-state index in [-0.39, 0.29) is 23.1 Å². The van der Waals surface area contributed by atoms with E-state index in [1.54, 1.807) is 12.1 Å². The van der Waals surface area contributed by atoms with Crippen LogP contribution < -0.4 is 5.73 Å².